The Balaban J connectivity index is 1.70. The minimum Gasteiger partial charge on any atom is -0.443 e. The zero-order valence-electron chi connectivity index (χ0n) is 20.7. The maximum absolute atomic E-state index is 12.9. The van der Waals surface area contributed by atoms with Gasteiger partial charge in [0.15, 0.2) is 0 Å². The molecule has 1 aromatic heterocycles. The number of nitrogens with one attached hydrogen (secondary N) is 1. The summed E-state index contributed by atoms with van der Waals surface area (Å²) < 4.78 is 7.28. The summed E-state index contributed by atoms with van der Waals surface area (Å²) in [6.07, 6.45) is 2.93. The van der Waals surface area contributed by atoms with E-state index in [1.54, 1.807) is 22.0 Å². The first-order chi connectivity index (χ1) is 16.0. The molecule has 0 bridgehead atoms. The second-order valence-electron chi connectivity index (χ2n) is 9.33. The van der Waals surface area contributed by atoms with Crippen LogP contribution in [0.15, 0.2) is 60.9 Å². The number of anilines is 3. The van der Waals surface area contributed by atoms with Crippen LogP contribution in [0.2, 0.25) is 0 Å². The monoisotopic (exact) mass is 463 g/mol. The molecule has 0 saturated carbocycles. The molecule has 0 spiro atoms. The Morgan fingerprint density at radius 1 is 1.09 bits per heavy atom. The summed E-state index contributed by atoms with van der Waals surface area (Å²) in [7, 11) is 3.82. The van der Waals surface area contributed by atoms with Crippen LogP contribution in [0.5, 0.6) is 0 Å². The Morgan fingerprint density at radius 3 is 2.44 bits per heavy atom. The first-order valence-electron chi connectivity index (χ1n) is 11.2. The van der Waals surface area contributed by atoms with Crippen LogP contribution in [0.1, 0.15) is 36.7 Å². The van der Waals surface area contributed by atoms with E-state index in [4.69, 9.17) is 4.74 Å². The van der Waals surface area contributed by atoms with Gasteiger partial charge in [0.25, 0.3) is 5.91 Å². The molecule has 0 aliphatic rings. The molecule has 0 aliphatic heterocycles. The lowest BCUT2D eigenvalue weighted by Gasteiger charge is -2.27. The van der Waals surface area contributed by atoms with Crippen molar-refractivity contribution in [3.8, 4) is 0 Å². The van der Waals surface area contributed by atoms with Crippen molar-refractivity contribution >= 4 is 29.1 Å². The zero-order chi connectivity index (χ0) is 24.9. The number of ether oxygens (including phenoxy) is 1. The van der Waals surface area contributed by atoms with E-state index < -0.39 is 11.7 Å². The Hall–Kier alpha value is -3.81. The van der Waals surface area contributed by atoms with Crippen molar-refractivity contribution in [2.24, 2.45) is 0 Å². The van der Waals surface area contributed by atoms with Gasteiger partial charge in [0.2, 0.25) is 0 Å². The number of aryl methyl sites for hydroxylation is 1. The number of hydrogen-bond donors (Lipinski definition) is 1. The zero-order valence-corrected chi connectivity index (χ0v) is 20.7. The molecule has 0 atom stereocenters. The van der Waals surface area contributed by atoms with E-state index in [-0.39, 0.29) is 5.91 Å². The Kier molecular flexibility index (Phi) is 7.61. The molecule has 34 heavy (non-hydrogen) atoms. The third kappa shape index (κ3) is 6.60. The molecular weight excluding hydrogens is 430 g/mol. The van der Waals surface area contributed by atoms with Gasteiger partial charge < -0.3 is 15.0 Å². The Labute approximate surface area is 201 Å². The van der Waals surface area contributed by atoms with Gasteiger partial charge in [-0.1, -0.05) is 24.3 Å². The van der Waals surface area contributed by atoms with Crippen molar-refractivity contribution < 1.29 is 14.3 Å². The van der Waals surface area contributed by atoms with Gasteiger partial charge in [0, 0.05) is 38.2 Å². The van der Waals surface area contributed by atoms with Crippen LogP contribution in [0.3, 0.4) is 0 Å². The molecule has 0 fully saturated rings. The van der Waals surface area contributed by atoms with Crippen molar-refractivity contribution in [2.75, 3.05) is 35.8 Å². The minimum atomic E-state index is -0.603. The van der Waals surface area contributed by atoms with E-state index in [1.165, 1.54) is 0 Å². The number of carbonyl (C=O) groups excluding carboxylic acids is 2. The molecule has 0 unspecified atom stereocenters. The average Bonchev–Trinajstić information content (AvgIpc) is 3.20. The minimum absolute atomic E-state index is 0.206. The fourth-order valence-electron chi connectivity index (χ4n) is 3.41. The molecule has 0 aliphatic carbocycles. The second kappa shape index (κ2) is 10.4. The predicted octanol–water partition coefficient (Wildman–Crippen LogP) is 4.95. The fraction of sp³-hybridized carbons (Fsp3) is 0.346. The highest BCUT2D eigenvalue weighted by Crippen LogP contribution is 2.22. The molecule has 0 radical (unpaired) electrons. The fourth-order valence-corrected chi connectivity index (χ4v) is 3.41. The first kappa shape index (κ1) is 24.8. The summed E-state index contributed by atoms with van der Waals surface area (Å²) in [6, 6.07) is 15.1. The van der Waals surface area contributed by atoms with Gasteiger partial charge in [-0.25, -0.2) is 4.79 Å². The summed E-state index contributed by atoms with van der Waals surface area (Å²) in [6.45, 7) is 8.30. The summed E-state index contributed by atoms with van der Waals surface area (Å²) in [5.41, 5.74) is 3.24. The lowest BCUT2D eigenvalue weighted by molar-refractivity contribution is 0.0578. The molecule has 0 saturated heterocycles. The molecule has 3 aromatic rings. The van der Waals surface area contributed by atoms with Gasteiger partial charge in [-0.2, -0.15) is 5.10 Å². The third-order valence-electron chi connectivity index (χ3n) is 5.01. The van der Waals surface area contributed by atoms with Crippen LogP contribution in [0.4, 0.5) is 21.9 Å². The van der Waals surface area contributed by atoms with Crippen molar-refractivity contribution in [1.29, 1.82) is 0 Å². The van der Waals surface area contributed by atoms with Crippen LogP contribution in [-0.2, 0) is 11.3 Å². The molecule has 180 valence electrons. The second-order valence-corrected chi connectivity index (χ2v) is 9.33. The van der Waals surface area contributed by atoms with Crippen LogP contribution >= 0.6 is 0 Å². The molecule has 8 nitrogen and oxygen atoms in total. The summed E-state index contributed by atoms with van der Waals surface area (Å²) in [4.78, 5) is 29.2. The Bertz CT molecular complexity index is 1130. The van der Waals surface area contributed by atoms with E-state index in [9.17, 15) is 9.59 Å². The van der Waals surface area contributed by atoms with Crippen LogP contribution in [0.25, 0.3) is 0 Å². The van der Waals surface area contributed by atoms with Gasteiger partial charge in [-0.05, 0) is 57.5 Å². The van der Waals surface area contributed by atoms with E-state index in [2.05, 4.69) is 10.4 Å². The van der Waals surface area contributed by atoms with Gasteiger partial charge in [0.05, 0.1) is 24.0 Å². The molecule has 8 heteroatoms. The van der Waals surface area contributed by atoms with Crippen LogP contribution in [-0.4, -0.2) is 48.0 Å². The number of nitrogens with zero attached hydrogens (tertiary/aromatic N) is 4. The quantitative estimate of drug-likeness (QED) is 0.536. The van der Waals surface area contributed by atoms with E-state index >= 15 is 0 Å². The van der Waals surface area contributed by atoms with Crippen LogP contribution in [0, 0.1) is 6.92 Å². The van der Waals surface area contributed by atoms with Crippen molar-refractivity contribution in [3.05, 3.63) is 72.1 Å². The van der Waals surface area contributed by atoms with E-state index in [0.29, 0.717) is 24.3 Å². The number of para-hydroxylation sites is 1. The lowest BCUT2D eigenvalue weighted by Crippen LogP contribution is -2.38. The third-order valence-corrected chi connectivity index (χ3v) is 5.01. The maximum atomic E-state index is 12.9. The van der Waals surface area contributed by atoms with Gasteiger partial charge in [-0.15, -0.1) is 0 Å². The molecular formula is C26H33N5O3. The van der Waals surface area contributed by atoms with E-state index in [0.717, 1.165) is 16.9 Å². The van der Waals surface area contributed by atoms with Crippen LogP contribution < -0.4 is 15.1 Å². The average molecular weight is 464 g/mol. The predicted molar refractivity (Wildman–Crippen MR) is 136 cm³/mol. The number of benzene rings is 2. The van der Waals surface area contributed by atoms with E-state index in [1.807, 2.05) is 95.2 Å². The summed E-state index contributed by atoms with van der Waals surface area (Å²) >= 11 is 0. The lowest BCUT2D eigenvalue weighted by atomic mass is 10.1. The smallest absolute Gasteiger partial charge is 0.414 e. The molecule has 1 heterocycles. The number of aromatic nitrogens is 2. The van der Waals surface area contributed by atoms with Gasteiger partial charge in [0.1, 0.15) is 5.60 Å². The Morgan fingerprint density at radius 2 is 1.79 bits per heavy atom. The first-order valence-corrected chi connectivity index (χ1v) is 11.2. The molecule has 2 amide bonds. The number of carbonyl (C=O) groups is 2. The van der Waals surface area contributed by atoms with Crippen molar-refractivity contribution in [3.63, 3.8) is 0 Å². The maximum Gasteiger partial charge on any atom is 0.414 e. The standard InChI is InChI=1S/C26H33N5O3/c1-19-12-13-22(23(16-19)29(5)6)24(32)28-20-17-27-30(18-20)14-15-31(21-10-8-7-9-11-21)25(33)34-26(2,3)4/h7-13,16-18H,14-15H2,1-6H3,(H,28,32). The highest BCUT2D eigenvalue weighted by Gasteiger charge is 2.23. The summed E-state index contributed by atoms with van der Waals surface area (Å²) in [5, 5.41) is 7.26. The largest absolute Gasteiger partial charge is 0.443 e. The van der Waals surface area contributed by atoms with Gasteiger partial charge in [-0.3, -0.25) is 14.4 Å². The highest BCUT2D eigenvalue weighted by atomic mass is 16.6. The molecule has 2 aromatic carbocycles. The van der Waals surface area contributed by atoms with Gasteiger partial charge >= 0.3 is 6.09 Å². The highest BCUT2D eigenvalue weighted by molar-refractivity contribution is 6.08. The topological polar surface area (TPSA) is 79.7 Å². The number of amides is 2. The summed E-state index contributed by atoms with van der Waals surface area (Å²) in [5.74, 6) is -0.206. The molecule has 1 N–H and O–H groups in total. The van der Waals surface area contributed by atoms with Crippen molar-refractivity contribution in [2.45, 2.75) is 39.8 Å². The van der Waals surface area contributed by atoms with Crippen molar-refractivity contribution in [1.82, 2.24) is 9.78 Å². The number of rotatable bonds is 7. The normalized spacial score (nSPS) is 11.1. The molecule has 3 rings (SSSR count). The SMILES string of the molecule is Cc1ccc(C(=O)Nc2cnn(CCN(C(=O)OC(C)(C)C)c3ccccc3)c2)c(N(C)C)c1. The number of hydrogen-bond acceptors (Lipinski definition) is 5.